The van der Waals surface area contributed by atoms with Crippen LogP contribution in [-0.2, 0) is 4.74 Å². The number of ether oxygens (including phenoxy) is 1. The highest BCUT2D eigenvalue weighted by Gasteiger charge is 2.40. The molecule has 0 radical (unpaired) electrons. The molecule has 0 aromatic heterocycles. The molecule has 1 aromatic rings. The summed E-state index contributed by atoms with van der Waals surface area (Å²) >= 11 is 0. The smallest absolute Gasteiger partial charge is 0.117 e. The second kappa shape index (κ2) is 3.83. The SMILES string of the molecule is COC[C@@]1(C#Cc2ccccc2)CN1. The van der Waals surface area contributed by atoms with Crippen molar-refractivity contribution in [3.8, 4) is 11.8 Å². The Labute approximate surface area is 84.3 Å². The topological polar surface area (TPSA) is 31.2 Å². The van der Waals surface area contributed by atoms with Crippen molar-refractivity contribution < 1.29 is 4.74 Å². The van der Waals surface area contributed by atoms with Crippen LogP contribution in [0.15, 0.2) is 30.3 Å². The molecule has 1 heterocycles. The highest BCUT2D eigenvalue weighted by atomic mass is 16.5. The van der Waals surface area contributed by atoms with E-state index in [1.165, 1.54) is 0 Å². The number of benzene rings is 1. The van der Waals surface area contributed by atoms with Crippen LogP contribution < -0.4 is 5.32 Å². The van der Waals surface area contributed by atoms with Gasteiger partial charge < -0.3 is 4.74 Å². The van der Waals surface area contributed by atoms with Crippen molar-refractivity contribution in [1.29, 1.82) is 0 Å². The van der Waals surface area contributed by atoms with Crippen molar-refractivity contribution in [3.63, 3.8) is 0 Å². The van der Waals surface area contributed by atoms with E-state index in [9.17, 15) is 0 Å². The third-order valence-corrected chi connectivity index (χ3v) is 2.21. The van der Waals surface area contributed by atoms with Crippen LogP contribution in [0.4, 0.5) is 0 Å². The van der Waals surface area contributed by atoms with Crippen LogP contribution in [-0.4, -0.2) is 25.8 Å². The maximum absolute atomic E-state index is 5.09. The molecule has 0 unspecified atom stereocenters. The fraction of sp³-hybridized carbons (Fsp3) is 0.333. The van der Waals surface area contributed by atoms with Gasteiger partial charge in [0.25, 0.3) is 0 Å². The minimum Gasteiger partial charge on any atom is -0.382 e. The summed E-state index contributed by atoms with van der Waals surface area (Å²) in [4.78, 5) is 0. The van der Waals surface area contributed by atoms with Crippen molar-refractivity contribution in [3.05, 3.63) is 35.9 Å². The largest absolute Gasteiger partial charge is 0.382 e. The maximum Gasteiger partial charge on any atom is 0.117 e. The lowest BCUT2D eigenvalue weighted by molar-refractivity contribution is 0.186. The van der Waals surface area contributed by atoms with Gasteiger partial charge in [-0.15, -0.1) is 0 Å². The lowest BCUT2D eigenvalue weighted by Gasteiger charge is -2.02. The summed E-state index contributed by atoms with van der Waals surface area (Å²) in [6.45, 7) is 1.59. The summed E-state index contributed by atoms with van der Waals surface area (Å²) in [5.41, 5.74) is 0.974. The van der Waals surface area contributed by atoms with Gasteiger partial charge in [-0.3, -0.25) is 5.32 Å². The Bertz CT molecular complexity index is 357. The molecule has 0 amide bonds. The lowest BCUT2D eigenvalue weighted by Crippen LogP contribution is -2.19. The zero-order valence-electron chi connectivity index (χ0n) is 8.21. The lowest BCUT2D eigenvalue weighted by atomic mass is 10.1. The van der Waals surface area contributed by atoms with Gasteiger partial charge in [-0.2, -0.15) is 0 Å². The first-order valence-corrected chi connectivity index (χ1v) is 4.67. The van der Waals surface area contributed by atoms with E-state index in [2.05, 4.69) is 17.2 Å². The Hall–Kier alpha value is -1.30. The third kappa shape index (κ3) is 2.14. The molecule has 1 N–H and O–H groups in total. The quantitative estimate of drug-likeness (QED) is 0.553. The Balaban J connectivity index is 2.07. The van der Waals surface area contributed by atoms with E-state index < -0.39 is 0 Å². The van der Waals surface area contributed by atoms with Crippen LogP contribution in [0, 0.1) is 11.8 Å². The Morgan fingerprint density at radius 2 is 2.14 bits per heavy atom. The number of hydrogen-bond donors (Lipinski definition) is 1. The minimum atomic E-state index is -0.0788. The number of rotatable bonds is 2. The maximum atomic E-state index is 5.09. The van der Waals surface area contributed by atoms with Gasteiger partial charge in [-0.1, -0.05) is 30.0 Å². The Morgan fingerprint density at radius 1 is 1.43 bits per heavy atom. The summed E-state index contributed by atoms with van der Waals surface area (Å²) < 4.78 is 5.09. The van der Waals surface area contributed by atoms with Gasteiger partial charge in [0, 0.05) is 19.2 Å². The first kappa shape index (κ1) is 9.26. The van der Waals surface area contributed by atoms with E-state index in [1.54, 1.807) is 7.11 Å². The Kier molecular flexibility index (Phi) is 2.53. The van der Waals surface area contributed by atoms with Crippen molar-refractivity contribution in [2.45, 2.75) is 5.54 Å². The van der Waals surface area contributed by atoms with Crippen LogP contribution in [0.3, 0.4) is 0 Å². The van der Waals surface area contributed by atoms with Crippen LogP contribution in [0.1, 0.15) is 5.56 Å². The van der Waals surface area contributed by atoms with Gasteiger partial charge >= 0.3 is 0 Å². The van der Waals surface area contributed by atoms with E-state index >= 15 is 0 Å². The van der Waals surface area contributed by atoms with Crippen molar-refractivity contribution in [2.24, 2.45) is 0 Å². The first-order chi connectivity index (χ1) is 6.85. The van der Waals surface area contributed by atoms with Crippen molar-refractivity contribution in [1.82, 2.24) is 5.32 Å². The first-order valence-electron chi connectivity index (χ1n) is 4.67. The molecule has 1 saturated heterocycles. The van der Waals surface area contributed by atoms with Crippen LogP contribution in [0.2, 0.25) is 0 Å². The summed E-state index contributed by atoms with van der Waals surface area (Å²) in [6, 6.07) is 10.00. The van der Waals surface area contributed by atoms with Gasteiger partial charge in [0.1, 0.15) is 5.54 Å². The molecule has 0 spiro atoms. The van der Waals surface area contributed by atoms with Gasteiger partial charge in [0.15, 0.2) is 0 Å². The molecular weight excluding hydrogens is 174 g/mol. The molecule has 1 aliphatic heterocycles. The summed E-state index contributed by atoms with van der Waals surface area (Å²) in [7, 11) is 1.70. The molecule has 1 aromatic carbocycles. The van der Waals surface area contributed by atoms with E-state index in [0.717, 1.165) is 12.1 Å². The molecule has 2 nitrogen and oxygen atoms in total. The van der Waals surface area contributed by atoms with Gasteiger partial charge in [0.2, 0.25) is 0 Å². The molecule has 1 fully saturated rings. The number of nitrogens with one attached hydrogen (secondary N) is 1. The summed E-state index contributed by atoms with van der Waals surface area (Å²) in [6.07, 6.45) is 0. The third-order valence-electron chi connectivity index (χ3n) is 2.21. The number of methoxy groups -OCH3 is 1. The molecule has 72 valence electrons. The van der Waals surface area contributed by atoms with E-state index in [4.69, 9.17) is 4.74 Å². The average molecular weight is 187 g/mol. The van der Waals surface area contributed by atoms with E-state index in [-0.39, 0.29) is 5.54 Å². The molecule has 1 aliphatic rings. The standard InChI is InChI=1S/C12H13NO/c1-14-10-12(9-13-12)8-7-11-5-3-2-4-6-11/h2-6,13H,9-10H2,1H3/t12-/m1/s1. The van der Waals surface area contributed by atoms with E-state index in [0.29, 0.717) is 6.61 Å². The normalized spacial score (nSPS) is 23.8. The monoisotopic (exact) mass is 187 g/mol. The zero-order valence-corrected chi connectivity index (χ0v) is 8.21. The molecule has 0 aliphatic carbocycles. The number of hydrogen-bond acceptors (Lipinski definition) is 2. The molecule has 2 heteroatoms. The molecule has 1 atom stereocenters. The predicted molar refractivity (Wildman–Crippen MR) is 55.9 cm³/mol. The molecular formula is C12H13NO. The highest BCUT2D eigenvalue weighted by molar-refractivity contribution is 5.39. The Morgan fingerprint density at radius 3 is 2.71 bits per heavy atom. The molecule has 2 rings (SSSR count). The van der Waals surface area contributed by atoms with Crippen molar-refractivity contribution >= 4 is 0 Å². The average Bonchev–Trinajstić information content (AvgIpc) is 2.98. The molecule has 0 saturated carbocycles. The summed E-state index contributed by atoms with van der Waals surface area (Å²) in [5, 5.41) is 3.22. The zero-order chi connectivity index (χ0) is 9.86. The molecule has 0 bridgehead atoms. The van der Waals surface area contributed by atoms with Crippen molar-refractivity contribution in [2.75, 3.05) is 20.3 Å². The fourth-order valence-corrected chi connectivity index (χ4v) is 1.29. The van der Waals surface area contributed by atoms with Gasteiger partial charge in [-0.05, 0) is 12.1 Å². The van der Waals surface area contributed by atoms with Crippen LogP contribution in [0.5, 0.6) is 0 Å². The predicted octanol–water partition coefficient (Wildman–Crippen LogP) is 1.03. The van der Waals surface area contributed by atoms with Crippen LogP contribution >= 0.6 is 0 Å². The summed E-state index contributed by atoms with van der Waals surface area (Å²) in [5.74, 6) is 6.34. The van der Waals surface area contributed by atoms with Gasteiger partial charge in [0.05, 0.1) is 6.61 Å². The fourth-order valence-electron chi connectivity index (χ4n) is 1.29. The minimum absolute atomic E-state index is 0.0788. The molecule has 14 heavy (non-hydrogen) atoms. The van der Waals surface area contributed by atoms with E-state index in [1.807, 2.05) is 30.3 Å². The van der Waals surface area contributed by atoms with Crippen LogP contribution in [0.25, 0.3) is 0 Å². The second-order valence-corrected chi connectivity index (χ2v) is 3.48. The second-order valence-electron chi connectivity index (χ2n) is 3.48. The highest BCUT2D eigenvalue weighted by Crippen LogP contribution is 2.15. The van der Waals surface area contributed by atoms with Gasteiger partial charge in [-0.25, -0.2) is 0 Å².